The van der Waals surface area contributed by atoms with Crippen molar-refractivity contribution in [1.29, 1.82) is 5.26 Å². The van der Waals surface area contributed by atoms with Gasteiger partial charge in [0, 0.05) is 18.9 Å². The van der Waals surface area contributed by atoms with E-state index in [9.17, 15) is 10.4 Å². The van der Waals surface area contributed by atoms with E-state index in [-0.39, 0.29) is 17.4 Å². The van der Waals surface area contributed by atoms with Gasteiger partial charge in [-0.2, -0.15) is 5.26 Å². The van der Waals surface area contributed by atoms with Crippen LogP contribution in [0.2, 0.25) is 0 Å². The van der Waals surface area contributed by atoms with Crippen molar-refractivity contribution in [3.05, 3.63) is 0 Å². The Labute approximate surface area is 197 Å². The molecule has 0 spiro atoms. The van der Waals surface area contributed by atoms with E-state index in [0.29, 0.717) is 23.7 Å². The second-order valence-electron chi connectivity index (χ2n) is 13.3. The van der Waals surface area contributed by atoms with Crippen LogP contribution in [0.5, 0.6) is 0 Å². The van der Waals surface area contributed by atoms with Crippen molar-refractivity contribution in [1.82, 2.24) is 0 Å². The van der Waals surface area contributed by atoms with Crippen LogP contribution in [-0.2, 0) is 4.74 Å². The molecule has 0 aromatic heterocycles. The van der Waals surface area contributed by atoms with Crippen molar-refractivity contribution in [2.45, 2.75) is 117 Å². The molecule has 32 heavy (non-hydrogen) atoms. The maximum atomic E-state index is 12.0. The fourth-order valence-corrected chi connectivity index (χ4v) is 9.67. The van der Waals surface area contributed by atoms with Gasteiger partial charge in [-0.05, 0) is 85.9 Å². The molecule has 3 nitrogen and oxygen atoms in total. The van der Waals surface area contributed by atoms with Crippen molar-refractivity contribution in [3.63, 3.8) is 0 Å². The van der Waals surface area contributed by atoms with Crippen LogP contribution in [0.1, 0.15) is 105 Å². The van der Waals surface area contributed by atoms with E-state index in [1.807, 2.05) is 0 Å². The summed E-state index contributed by atoms with van der Waals surface area (Å²) < 4.78 is 5.68. The summed E-state index contributed by atoms with van der Waals surface area (Å²) in [5, 5.41) is 22.2. The van der Waals surface area contributed by atoms with E-state index < -0.39 is 5.60 Å². The van der Waals surface area contributed by atoms with E-state index in [2.05, 4.69) is 40.7 Å². The Balaban J connectivity index is 1.56. The molecule has 4 aliphatic rings. The fraction of sp³-hybridized carbons (Fsp3) is 0.966. The summed E-state index contributed by atoms with van der Waals surface area (Å²) in [7, 11) is 1.76. The summed E-state index contributed by atoms with van der Waals surface area (Å²) >= 11 is 0. The molecule has 1 N–H and O–H groups in total. The third-order valence-corrected chi connectivity index (χ3v) is 11.5. The zero-order valence-corrected chi connectivity index (χ0v) is 21.7. The normalized spacial score (nSPS) is 49.1. The topological polar surface area (TPSA) is 53.2 Å². The van der Waals surface area contributed by atoms with Crippen LogP contribution in [0.15, 0.2) is 0 Å². The molecular weight excluding hydrogens is 394 g/mol. The van der Waals surface area contributed by atoms with E-state index in [4.69, 9.17) is 4.74 Å². The highest BCUT2D eigenvalue weighted by Gasteiger charge is 2.67. The van der Waals surface area contributed by atoms with Crippen LogP contribution in [0.3, 0.4) is 0 Å². The maximum Gasteiger partial charge on any atom is 0.0885 e. The van der Waals surface area contributed by atoms with Crippen LogP contribution in [0.25, 0.3) is 0 Å². The van der Waals surface area contributed by atoms with E-state index in [1.54, 1.807) is 7.11 Å². The first kappa shape index (κ1) is 24.5. The molecule has 0 radical (unpaired) electrons. The number of aliphatic hydroxyl groups is 1. The number of fused-ring (bicyclic) bond motifs is 5. The van der Waals surface area contributed by atoms with E-state index >= 15 is 0 Å². The van der Waals surface area contributed by atoms with Crippen molar-refractivity contribution in [2.75, 3.05) is 7.11 Å². The number of methoxy groups -OCH3 is 1. The van der Waals surface area contributed by atoms with Crippen LogP contribution < -0.4 is 0 Å². The van der Waals surface area contributed by atoms with Gasteiger partial charge < -0.3 is 9.84 Å². The molecule has 0 saturated heterocycles. The number of nitrogens with zero attached hydrogens (tertiary/aromatic N) is 1. The lowest BCUT2D eigenvalue weighted by atomic mass is 9.41. The fourth-order valence-electron chi connectivity index (χ4n) is 9.67. The lowest BCUT2D eigenvalue weighted by molar-refractivity contribution is -0.239. The first-order valence-corrected chi connectivity index (χ1v) is 13.8. The number of hydrogen-bond acceptors (Lipinski definition) is 3. The summed E-state index contributed by atoms with van der Waals surface area (Å²) in [6, 6.07) is 2.61. The molecule has 4 fully saturated rings. The van der Waals surface area contributed by atoms with Crippen LogP contribution in [0.4, 0.5) is 0 Å². The van der Waals surface area contributed by atoms with Gasteiger partial charge in [0.1, 0.15) is 0 Å². The minimum absolute atomic E-state index is 0.0943. The Kier molecular flexibility index (Phi) is 6.81. The monoisotopic (exact) mass is 443 g/mol. The van der Waals surface area contributed by atoms with Gasteiger partial charge in [0.15, 0.2) is 0 Å². The second-order valence-corrected chi connectivity index (χ2v) is 13.3. The molecule has 0 heterocycles. The molecule has 0 aromatic carbocycles. The highest BCUT2D eigenvalue weighted by Crippen LogP contribution is 2.70. The smallest absolute Gasteiger partial charge is 0.0885 e. The van der Waals surface area contributed by atoms with Gasteiger partial charge in [0.25, 0.3) is 0 Å². The summed E-state index contributed by atoms with van der Waals surface area (Å²) in [6.45, 7) is 12.2. The molecule has 3 heteroatoms. The molecule has 0 aromatic rings. The highest BCUT2D eigenvalue weighted by atomic mass is 16.5. The predicted molar refractivity (Wildman–Crippen MR) is 130 cm³/mol. The minimum Gasteiger partial charge on any atom is -0.388 e. The van der Waals surface area contributed by atoms with Gasteiger partial charge in [0.2, 0.25) is 0 Å². The van der Waals surface area contributed by atoms with Crippen molar-refractivity contribution < 1.29 is 9.84 Å². The average molecular weight is 444 g/mol. The standard InChI is InChI=1S/C29H49NO2/c1-19(2)8-7-9-20(3)24-10-11-25-23-16-21(18-30)29(31)17-22(32-6)12-15-28(29,5)26(23)13-14-27(24,25)4/h19-26,31H,7-17H2,1-6H3/t20-,21-,22+,23-,24-,25+,26-,27-,28-,29+/m1/s1. The summed E-state index contributed by atoms with van der Waals surface area (Å²) in [4.78, 5) is 0. The lowest BCUT2D eigenvalue weighted by Crippen LogP contribution is -2.66. The Bertz CT molecular complexity index is 714. The molecule has 0 bridgehead atoms. The molecule has 4 saturated carbocycles. The van der Waals surface area contributed by atoms with Gasteiger partial charge in [0.05, 0.1) is 23.7 Å². The Morgan fingerprint density at radius 3 is 2.44 bits per heavy atom. The molecule has 0 aliphatic heterocycles. The quantitative estimate of drug-likeness (QED) is 0.481. The first-order valence-electron chi connectivity index (χ1n) is 13.8. The lowest BCUT2D eigenvalue weighted by Gasteiger charge is -2.65. The number of hydrogen-bond donors (Lipinski definition) is 1. The summed E-state index contributed by atoms with van der Waals surface area (Å²) in [6.07, 6.45) is 13.0. The van der Waals surface area contributed by atoms with E-state index in [0.717, 1.165) is 42.9 Å². The number of ether oxygens (including phenoxy) is 1. The molecular formula is C29H49NO2. The first-order chi connectivity index (χ1) is 15.1. The van der Waals surface area contributed by atoms with Crippen LogP contribution in [0, 0.1) is 63.6 Å². The second kappa shape index (κ2) is 8.88. The number of rotatable bonds is 6. The maximum absolute atomic E-state index is 12.0. The van der Waals surface area contributed by atoms with Crippen molar-refractivity contribution >= 4 is 0 Å². The Morgan fingerprint density at radius 2 is 1.78 bits per heavy atom. The molecule has 4 aliphatic carbocycles. The van der Waals surface area contributed by atoms with Gasteiger partial charge >= 0.3 is 0 Å². The van der Waals surface area contributed by atoms with Gasteiger partial charge in [-0.15, -0.1) is 0 Å². The van der Waals surface area contributed by atoms with Gasteiger partial charge in [-0.3, -0.25) is 0 Å². The molecule has 0 amide bonds. The third kappa shape index (κ3) is 3.67. The van der Waals surface area contributed by atoms with Gasteiger partial charge in [-0.1, -0.05) is 53.9 Å². The predicted octanol–water partition coefficient (Wildman–Crippen LogP) is 6.99. The number of nitriles is 1. The molecule has 0 unspecified atom stereocenters. The van der Waals surface area contributed by atoms with Gasteiger partial charge in [-0.25, -0.2) is 0 Å². The zero-order chi connectivity index (χ0) is 23.3. The van der Waals surface area contributed by atoms with Crippen LogP contribution in [-0.4, -0.2) is 23.9 Å². The third-order valence-electron chi connectivity index (χ3n) is 11.5. The Morgan fingerprint density at radius 1 is 1.03 bits per heavy atom. The van der Waals surface area contributed by atoms with E-state index in [1.165, 1.54) is 44.9 Å². The van der Waals surface area contributed by atoms with Crippen LogP contribution >= 0.6 is 0 Å². The SMILES string of the molecule is CO[C@H]1CC[C@]2(C)[C@@H]3CC[C@]4(C)[C@@H]([C@H](C)CCCC(C)C)CC[C@H]4[C@H]3C[C@H](C#N)[C@@]2(O)C1. The highest BCUT2D eigenvalue weighted by molar-refractivity contribution is 5.20. The zero-order valence-electron chi connectivity index (χ0n) is 21.7. The molecule has 4 rings (SSSR count). The average Bonchev–Trinajstić information content (AvgIpc) is 3.10. The molecule has 10 atom stereocenters. The summed E-state index contributed by atoms with van der Waals surface area (Å²) in [5.41, 5.74) is -0.612. The largest absolute Gasteiger partial charge is 0.388 e. The van der Waals surface area contributed by atoms with Crippen molar-refractivity contribution in [3.8, 4) is 6.07 Å². The molecule has 182 valence electrons. The Hall–Kier alpha value is -0.590. The summed E-state index contributed by atoms with van der Waals surface area (Å²) in [5.74, 6) is 4.09. The van der Waals surface area contributed by atoms with Crippen molar-refractivity contribution in [2.24, 2.45) is 52.3 Å². The minimum atomic E-state index is -0.891.